The van der Waals surface area contributed by atoms with E-state index in [-0.39, 0.29) is 0 Å². The lowest BCUT2D eigenvalue weighted by Crippen LogP contribution is -2.52. The predicted octanol–water partition coefficient (Wildman–Crippen LogP) is 1.61. The molecule has 6 heteroatoms. The summed E-state index contributed by atoms with van der Waals surface area (Å²) < 4.78 is 1.30. The lowest BCUT2D eigenvalue weighted by molar-refractivity contribution is -0.924. The summed E-state index contributed by atoms with van der Waals surface area (Å²) in [5, 5.41) is 19.1. The third kappa shape index (κ3) is 3.82. The third-order valence-corrected chi connectivity index (χ3v) is 4.78. The monoisotopic (exact) mass is 307 g/mol. The standard InChI is InChI=1S/C15H24N3.CH2O3/c1-12-6-7-13(16)11-14(12)17-15-5-4-10-18(15)8-2-3-9-18;2-1(3)4/h6-7,11,15,17H,2-5,8-10,16H2,1H3;(H2,2,3,4)/q+1;/p-1. The molecule has 0 radical (unpaired) electrons. The summed E-state index contributed by atoms with van der Waals surface area (Å²) in [6, 6.07) is 6.18. The van der Waals surface area contributed by atoms with Gasteiger partial charge in [-0.15, -0.1) is 0 Å². The van der Waals surface area contributed by atoms with Crippen LogP contribution in [-0.4, -0.2) is 41.5 Å². The van der Waals surface area contributed by atoms with Gasteiger partial charge in [0.05, 0.1) is 19.6 Å². The van der Waals surface area contributed by atoms with E-state index in [0.29, 0.717) is 6.17 Å². The highest BCUT2D eigenvalue weighted by molar-refractivity contribution is 5.59. The molecule has 0 saturated carbocycles. The van der Waals surface area contributed by atoms with Crippen LogP contribution in [0, 0.1) is 6.92 Å². The lowest BCUT2D eigenvalue weighted by Gasteiger charge is -2.36. The van der Waals surface area contributed by atoms with E-state index in [2.05, 4.69) is 24.4 Å². The van der Waals surface area contributed by atoms with Gasteiger partial charge in [0.15, 0.2) is 6.17 Å². The zero-order valence-corrected chi connectivity index (χ0v) is 13.0. The highest BCUT2D eigenvalue weighted by atomic mass is 16.6. The highest BCUT2D eigenvalue weighted by Crippen LogP contribution is 2.34. The molecule has 1 aromatic rings. The van der Waals surface area contributed by atoms with Gasteiger partial charge in [-0.2, -0.15) is 0 Å². The van der Waals surface area contributed by atoms with Crippen molar-refractivity contribution < 1.29 is 19.5 Å². The number of carbonyl (C=O) groups is 1. The number of anilines is 2. The van der Waals surface area contributed by atoms with E-state index in [1.807, 2.05) is 6.07 Å². The fraction of sp³-hybridized carbons (Fsp3) is 0.562. The number of hydrogen-bond donors (Lipinski definition) is 3. The van der Waals surface area contributed by atoms with Gasteiger partial charge in [-0.05, 0) is 24.6 Å². The van der Waals surface area contributed by atoms with Crippen LogP contribution >= 0.6 is 0 Å². The van der Waals surface area contributed by atoms with Gasteiger partial charge in [-0.25, -0.2) is 0 Å². The molecule has 0 aliphatic carbocycles. The molecule has 0 aromatic heterocycles. The summed E-state index contributed by atoms with van der Waals surface area (Å²) in [5.41, 5.74) is 9.28. The molecule has 1 unspecified atom stereocenters. The lowest BCUT2D eigenvalue weighted by atomic mass is 10.1. The van der Waals surface area contributed by atoms with E-state index >= 15 is 0 Å². The average molecular weight is 307 g/mol. The summed E-state index contributed by atoms with van der Waals surface area (Å²) in [5.74, 6) is 0. The summed E-state index contributed by atoms with van der Waals surface area (Å²) >= 11 is 0. The summed E-state index contributed by atoms with van der Waals surface area (Å²) in [6.07, 6.45) is 3.98. The molecular formula is C16H25N3O3. The van der Waals surface area contributed by atoms with E-state index in [4.69, 9.17) is 20.7 Å². The number of hydrogen-bond acceptors (Lipinski definition) is 4. The first-order valence-corrected chi connectivity index (χ1v) is 7.81. The van der Waals surface area contributed by atoms with Crippen molar-refractivity contribution >= 4 is 17.5 Å². The molecule has 6 nitrogen and oxygen atoms in total. The first kappa shape index (κ1) is 16.4. The van der Waals surface area contributed by atoms with Gasteiger partial charge in [0.1, 0.15) is 0 Å². The number of rotatable bonds is 2. The minimum atomic E-state index is -2.08. The van der Waals surface area contributed by atoms with E-state index in [1.54, 1.807) is 0 Å². The maximum absolute atomic E-state index is 8.44. The molecular weight excluding hydrogens is 282 g/mol. The molecule has 1 atom stereocenters. The molecule has 2 saturated heterocycles. The van der Waals surface area contributed by atoms with Crippen molar-refractivity contribution in [1.29, 1.82) is 0 Å². The number of nitrogen functional groups attached to an aromatic ring is 1. The molecule has 3 rings (SSSR count). The second kappa shape index (κ2) is 6.87. The van der Waals surface area contributed by atoms with Gasteiger partial charge < -0.3 is 30.5 Å². The normalized spacial score (nSPS) is 22.1. The van der Waals surface area contributed by atoms with Crippen LogP contribution in [0.25, 0.3) is 0 Å². The predicted molar refractivity (Wildman–Crippen MR) is 84.4 cm³/mol. The van der Waals surface area contributed by atoms with Crippen LogP contribution in [0.4, 0.5) is 16.2 Å². The molecule has 2 heterocycles. The van der Waals surface area contributed by atoms with Gasteiger partial charge >= 0.3 is 0 Å². The van der Waals surface area contributed by atoms with E-state index in [1.165, 1.54) is 61.1 Å². The maximum atomic E-state index is 8.44. The van der Waals surface area contributed by atoms with Crippen LogP contribution in [0.1, 0.15) is 31.2 Å². The average Bonchev–Trinajstić information content (AvgIpc) is 3.05. The van der Waals surface area contributed by atoms with Crippen molar-refractivity contribution in [2.75, 3.05) is 30.7 Å². The van der Waals surface area contributed by atoms with E-state index in [9.17, 15) is 0 Å². The zero-order valence-electron chi connectivity index (χ0n) is 13.0. The van der Waals surface area contributed by atoms with Crippen molar-refractivity contribution in [3.05, 3.63) is 23.8 Å². The first-order valence-electron chi connectivity index (χ1n) is 7.81. The van der Waals surface area contributed by atoms with Crippen molar-refractivity contribution in [1.82, 2.24) is 0 Å². The van der Waals surface area contributed by atoms with Gasteiger partial charge in [-0.1, -0.05) is 6.07 Å². The summed E-state index contributed by atoms with van der Waals surface area (Å²) in [7, 11) is 0. The third-order valence-electron chi connectivity index (χ3n) is 4.78. The Labute approximate surface area is 131 Å². The van der Waals surface area contributed by atoms with Crippen LogP contribution in [0.3, 0.4) is 0 Å². The van der Waals surface area contributed by atoms with Crippen molar-refractivity contribution in [2.45, 2.75) is 38.8 Å². The number of aryl methyl sites for hydroxylation is 1. The smallest absolute Gasteiger partial charge is 0.249 e. The molecule has 22 heavy (non-hydrogen) atoms. The largest absolute Gasteiger partial charge is 0.565 e. The minimum absolute atomic E-state index is 0.605. The molecule has 2 aliphatic rings. The Morgan fingerprint density at radius 1 is 1.32 bits per heavy atom. The summed E-state index contributed by atoms with van der Waals surface area (Å²) in [6.45, 7) is 6.24. The summed E-state index contributed by atoms with van der Waals surface area (Å²) in [4.78, 5) is 8.44. The molecule has 1 spiro atoms. The molecule has 2 aliphatic heterocycles. The number of quaternary nitrogens is 1. The second-order valence-electron chi connectivity index (χ2n) is 6.24. The van der Waals surface area contributed by atoms with Crippen molar-refractivity contribution in [3.63, 3.8) is 0 Å². The van der Waals surface area contributed by atoms with Gasteiger partial charge in [0.25, 0.3) is 0 Å². The van der Waals surface area contributed by atoms with Crippen molar-refractivity contribution in [3.8, 4) is 0 Å². The Morgan fingerprint density at radius 2 is 1.91 bits per heavy atom. The Morgan fingerprint density at radius 3 is 2.55 bits per heavy atom. The molecule has 0 bridgehead atoms. The minimum Gasteiger partial charge on any atom is -0.565 e. The fourth-order valence-corrected chi connectivity index (χ4v) is 3.71. The maximum Gasteiger partial charge on any atom is 0.249 e. The number of benzene rings is 1. The van der Waals surface area contributed by atoms with Crippen LogP contribution in [0.15, 0.2) is 18.2 Å². The molecule has 0 amide bonds. The Kier molecular flexibility index (Phi) is 5.13. The van der Waals surface area contributed by atoms with E-state index < -0.39 is 6.16 Å². The highest BCUT2D eigenvalue weighted by Gasteiger charge is 2.43. The van der Waals surface area contributed by atoms with Gasteiger partial charge in [0, 0.05) is 37.1 Å². The van der Waals surface area contributed by atoms with Gasteiger partial charge in [0.2, 0.25) is 6.16 Å². The van der Waals surface area contributed by atoms with Crippen LogP contribution in [-0.2, 0) is 0 Å². The first-order chi connectivity index (χ1) is 10.4. The number of nitrogens with two attached hydrogens (primary N) is 1. The van der Waals surface area contributed by atoms with Crippen molar-refractivity contribution in [2.24, 2.45) is 0 Å². The van der Waals surface area contributed by atoms with Gasteiger partial charge in [-0.3, -0.25) is 0 Å². The Bertz CT molecular complexity index is 518. The number of nitrogens with zero attached hydrogens (tertiary/aromatic N) is 1. The van der Waals surface area contributed by atoms with Crippen LogP contribution in [0.2, 0.25) is 0 Å². The molecule has 1 aromatic carbocycles. The molecule has 2 fully saturated rings. The second-order valence-corrected chi connectivity index (χ2v) is 6.24. The van der Waals surface area contributed by atoms with Crippen LogP contribution in [0.5, 0.6) is 0 Å². The molecule has 122 valence electrons. The Hall–Kier alpha value is -1.95. The molecule has 4 N–H and O–H groups in total. The van der Waals surface area contributed by atoms with Crippen LogP contribution < -0.4 is 16.2 Å². The fourth-order valence-electron chi connectivity index (χ4n) is 3.71. The zero-order chi connectivity index (χ0) is 16.2. The SMILES string of the molecule is Cc1ccc(N)cc1NC1CCC[N+]12CCCC2.O=C([O-])O. The quantitative estimate of drug-likeness (QED) is 0.569. The number of nitrogens with one attached hydrogen (secondary N) is 1. The number of carboxylic acid groups (broad SMARTS) is 2. The Balaban J connectivity index is 0.000000396. The van der Waals surface area contributed by atoms with E-state index in [0.717, 1.165) is 5.69 Å². The topological polar surface area (TPSA) is 98.4 Å².